The lowest BCUT2D eigenvalue weighted by atomic mass is 10.0. The normalized spacial score (nSPS) is 26.6. The molecule has 2 aliphatic rings. The number of nitrogens with one attached hydrogen (secondary N) is 1. The Kier molecular flexibility index (Phi) is 7.16. The highest BCUT2D eigenvalue weighted by Gasteiger charge is 2.30. The van der Waals surface area contributed by atoms with E-state index in [1.807, 2.05) is 0 Å². The molecular weight excluding hydrogens is 274 g/mol. The van der Waals surface area contributed by atoms with Crippen LogP contribution in [0, 0.1) is 5.92 Å². The van der Waals surface area contributed by atoms with Crippen LogP contribution in [0.1, 0.15) is 59.3 Å². The van der Waals surface area contributed by atoms with Gasteiger partial charge in [-0.05, 0) is 58.2 Å². The van der Waals surface area contributed by atoms with Gasteiger partial charge in [0.2, 0.25) is 5.91 Å². The summed E-state index contributed by atoms with van der Waals surface area (Å²) in [5.74, 6) is 0.715. The first-order valence-corrected chi connectivity index (χ1v) is 9.33. The Bertz CT molecular complexity index is 337. The lowest BCUT2D eigenvalue weighted by Crippen LogP contribution is -2.54. The van der Waals surface area contributed by atoms with Gasteiger partial charge in [0.1, 0.15) is 0 Å². The molecule has 2 atom stereocenters. The molecule has 0 aromatic carbocycles. The summed E-state index contributed by atoms with van der Waals surface area (Å²) in [6.07, 6.45) is 8.00. The van der Waals surface area contributed by atoms with E-state index in [0.29, 0.717) is 12.0 Å². The van der Waals surface area contributed by atoms with E-state index in [9.17, 15) is 4.79 Å². The Morgan fingerprint density at radius 2 is 1.73 bits per heavy atom. The number of hydrogen-bond acceptors (Lipinski definition) is 3. The van der Waals surface area contributed by atoms with Crippen LogP contribution >= 0.6 is 0 Å². The Morgan fingerprint density at radius 1 is 1.05 bits per heavy atom. The number of likely N-dealkylation sites (tertiary alicyclic amines) is 2. The fourth-order valence-electron chi connectivity index (χ4n) is 3.71. The molecule has 1 amide bonds. The second-order valence-corrected chi connectivity index (χ2v) is 7.56. The molecule has 0 aliphatic carbocycles. The van der Waals surface area contributed by atoms with E-state index in [1.165, 1.54) is 51.6 Å². The monoisotopic (exact) mass is 309 g/mol. The van der Waals surface area contributed by atoms with Crippen LogP contribution in [-0.4, -0.2) is 60.5 Å². The summed E-state index contributed by atoms with van der Waals surface area (Å²) in [6, 6.07) is 0.667. The van der Waals surface area contributed by atoms with Gasteiger partial charge in [0.05, 0.1) is 6.04 Å². The third kappa shape index (κ3) is 5.24. The van der Waals surface area contributed by atoms with E-state index in [2.05, 4.69) is 35.9 Å². The summed E-state index contributed by atoms with van der Waals surface area (Å²) < 4.78 is 0. The highest BCUT2D eigenvalue weighted by atomic mass is 16.2. The van der Waals surface area contributed by atoms with Crippen LogP contribution in [0.4, 0.5) is 0 Å². The molecule has 2 fully saturated rings. The smallest absolute Gasteiger partial charge is 0.237 e. The highest BCUT2D eigenvalue weighted by molar-refractivity contribution is 5.81. The van der Waals surface area contributed by atoms with Crippen LogP contribution in [0.2, 0.25) is 0 Å². The molecule has 4 nitrogen and oxygen atoms in total. The Hall–Kier alpha value is -0.610. The van der Waals surface area contributed by atoms with E-state index in [1.54, 1.807) is 0 Å². The lowest BCUT2D eigenvalue weighted by Gasteiger charge is -2.41. The Labute approximate surface area is 136 Å². The molecule has 2 rings (SSSR count). The SMILES string of the molecule is CC(C)CNC(=O)[C@H](C)N1CCC[C@@H](N2CCCCCC2)C1. The van der Waals surface area contributed by atoms with Gasteiger partial charge < -0.3 is 5.32 Å². The predicted octanol–water partition coefficient (Wildman–Crippen LogP) is 2.49. The van der Waals surface area contributed by atoms with Gasteiger partial charge in [-0.2, -0.15) is 0 Å². The van der Waals surface area contributed by atoms with Crippen LogP contribution in [-0.2, 0) is 4.79 Å². The number of hydrogen-bond donors (Lipinski definition) is 1. The first kappa shape index (κ1) is 17.7. The van der Waals surface area contributed by atoms with Gasteiger partial charge in [-0.1, -0.05) is 26.7 Å². The highest BCUT2D eigenvalue weighted by Crippen LogP contribution is 2.21. The minimum Gasteiger partial charge on any atom is -0.354 e. The van der Waals surface area contributed by atoms with E-state index in [-0.39, 0.29) is 11.9 Å². The van der Waals surface area contributed by atoms with Crippen molar-refractivity contribution in [2.75, 3.05) is 32.7 Å². The molecule has 0 spiro atoms. The molecule has 0 unspecified atom stereocenters. The number of piperidine rings is 1. The van der Waals surface area contributed by atoms with Crippen molar-refractivity contribution in [1.82, 2.24) is 15.1 Å². The molecule has 0 bridgehead atoms. The third-order valence-corrected chi connectivity index (χ3v) is 5.20. The molecule has 4 heteroatoms. The van der Waals surface area contributed by atoms with E-state index in [0.717, 1.165) is 19.6 Å². The van der Waals surface area contributed by atoms with E-state index < -0.39 is 0 Å². The fourth-order valence-corrected chi connectivity index (χ4v) is 3.71. The van der Waals surface area contributed by atoms with E-state index >= 15 is 0 Å². The van der Waals surface area contributed by atoms with Gasteiger partial charge in [-0.3, -0.25) is 14.6 Å². The average Bonchev–Trinajstić information content (AvgIpc) is 2.81. The number of carbonyl (C=O) groups is 1. The quantitative estimate of drug-likeness (QED) is 0.847. The maximum absolute atomic E-state index is 12.3. The third-order valence-electron chi connectivity index (χ3n) is 5.20. The van der Waals surface area contributed by atoms with Crippen LogP contribution in [0.25, 0.3) is 0 Å². The lowest BCUT2D eigenvalue weighted by molar-refractivity contribution is -0.126. The van der Waals surface area contributed by atoms with Gasteiger partial charge in [0.15, 0.2) is 0 Å². The number of nitrogens with zero attached hydrogens (tertiary/aromatic N) is 2. The zero-order chi connectivity index (χ0) is 15.9. The molecule has 1 N–H and O–H groups in total. The van der Waals surface area contributed by atoms with Gasteiger partial charge >= 0.3 is 0 Å². The summed E-state index contributed by atoms with van der Waals surface area (Å²) >= 11 is 0. The van der Waals surface area contributed by atoms with Crippen molar-refractivity contribution in [3.63, 3.8) is 0 Å². The van der Waals surface area contributed by atoms with Gasteiger partial charge in [0.25, 0.3) is 0 Å². The van der Waals surface area contributed by atoms with Crippen molar-refractivity contribution >= 4 is 5.91 Å². The topological polar surface area (TPSA) is 35.6 Å². The van der Waals surface area contributed by atoms with E-state index in [4.69, 9.17) is 0 Å². The molecule has 2 saturated heterocycles. The van der Waals surface area contributed by atoms with Crippen LogP contribution in [0.3, 0.4) is 0 Å². The summed E-state index contributed by atoms with van der Waals surface area (Å²) in [5, 5.41) is 3.09. The standard InChI is InChI=1S/C18H35N3O/c1-15(2)13-19-18(22)16(3)21-12-8-9-17(14-21)20-10-6-4-5-7-11-20/h15-17H,4-14H2,1-3H3,(H,19,22)/t16-,17+/m0/s1. The van der Waals surface area contributed by atoms with Crippen molar-refractivity contribution in [3.8, 4) is 0 Å². The summed E-state index contributed by atoms with van der Waals surface area (Å²) in [6.45, 7) is 11.8. The second kappa shape index (κ2) is 8.88. The van der Waals surface area contributed by atoms with Crippen LogP contribution in [0.5, 0.6) is 0 Å². The predicted molar refractivity (Wildman–Crippen MR) is 91.9 cm³/mol. The van der Waals surface area contributed by atoms with Gasteiger partial charge in [-0.25, -0.2) is 0 Å². The molecule has 0 aromatic rings. The zero-order valence-electron chi connectivity index (χ0n) is 14.8. The largest absolute Gasteiger partial charge is 0.354 e. The van der Waals surface area contributed by atoms with Crippen LogP contribution in [0.15, 0.2) is 0 Å². The maximum Gasteiger partial charge on any atom is 0.237 e. The Morgan fingerprint density at radius 3 is 2.36 bits per heavy atom. The minimum atomic E-state index is 0.00790. The fraction of sp³-hybridized carbons (Fsp3) is 0.944. The number of amides is 1. The van der Waals surface area contributed by atoms with Crippen molar-refractivity contribution in [1.29, 1.82) is 0 Å². The van der Waals surface area contributed by atoms with Gasteiger partial charge in [-0.15, -0.1) is 0 Å². The van der Waals surface area contributed by atoms with Gasteiger partial charge in [0, 0.05) is 19.1 Å². The minimum absolute atomic E-state index is 0.00790. The van der Waals surface area contributed by atoms with Crippen molar-refractivity contribution in [2.45, 2.75) is 71.4 Å². The summed E-state index contributed by atoms with van der Waals surface area (Å²) in [7, 11) is 0. The first-order valence-electron chi connectivity index (χ1n) is 9.33. The molecular formula is C18H35N3O. The molecule has 22 heavy (non-hydrogen) atoms. The molecule has 128 valence electrons. The number of carbonyl (C=O) groups excluding carboxylic acids is 1. The van der Waals surface area contributed by atoms with Crippen LogP contribution < -0.4 is 5.32 Å². The average molecular weight is 309 g/mol. The Balaban J connectivity index is 1.84. The molecule has 0 radical (unpaired) electrons. The second-order valence-electron chi connectivity index (χ2n) is 7.56. The molecule has 2 aliphatic heterocycles. The first-order chi connectivity index (χ1) is 10.6. The molecule has 2 heterocycles. The molecule has 0 saturated carbocycles. The van der Waals surface area contributed by atoms with Crippen molar-refractivity contribution in [3.05, 3.63) is 0 Å². The molecule has 0 aromatic heterocycles. The summed E-state index contributed by atoms with van der Waals surface area (Å²) in [4.78, 5) is 17.4. The maximum atomic E-state index is 12.3. The van der Waals surface area contributed by atoms with Crippen molar-refractivity contribution < 1.29 is 4.79 Å². The van der Waals surface area contributed by atoms with Crippen molar-refractivity contribution in [2.24, 2.45) is 5.92 Å². The number of rotatable bonds is 5. The summed E-state index contributed by atoms with van der Waals surface area (Å²) in [5.41, 5.74) is 0. The zero-order valence-corrected chi connectivity index (χ0v) is 14.8.